The van der Waals surface area contributed by atoms with E-state index in [1.165, 1.54) is 12.8 Å². The van der Waals surface area contributed by atoms with Gasteiger partial charge in [0.15, 0.2) is 11.5 Å². The van der Waals surface area contributed by atoms with Crippen molar-refractivity contribution in [2.75, 3.05) is 5.32 Å². The van der Waals surface area contributed by atoms with Crippen molar-refractivity contribution in [3.05, 3.63) is 30.1 Å². The Hall–Kier alpha value is -2.04. The fourth-order valence-electron chi connectivity index (χ4n) is 2.85. The molecule has 1 aliphatic rings. The molecule has 100 valence electrons. The van der Waals surface area contributed by atoms with E-state index in [9.17, 15) is 9.90 Å². The minimum atomic E-state index is -0.956. The molecule has 1 fully saturated rings. The van der Waals surface area contributed by atoms with E-state index in [0.29, 0.717) is 11.5 Å². The molecular formula is C14H17N3O2. The highest BCUT2D eigenvalue weighted by Gasteiger charge is 2.31. The number of carboxylic acid groups (broad SMARTS) is 1. The highest BCUT2D eigenvalue weighted by atomic mass is 16.4. The van der Waals surface area contributed by atoms with E-state index in [-0.39, 0.29) is 11.2 Å². The predicted molar refractivity (Wildman–Crippen MR) is 72.6 cm³/mol. The standard InChI is InChI=1S/C14H17N3O2/c1-14(7-3-4-8-14)16-12-11(13(18)19)17-9-5-2-6-10(17)15-12/h2,5-6,9,16H,3-4,7-8H2,1H3,(H,18,19). The number of carbonyl (C=O) groups is 1. The summed E-state index contributed by atoms with van der Waals surface area (Å²) in [6.45, 7) is 2.13. The third-order valence-corrected chi connectivity index (χ3v) is 3.86. The molecule has 2 heterocycles. The smallest absolute Gasteiger partial charge is 0.356 e. The van der Waals surface area contributed by atoms with Crippen LogP contribution in [0.25, 0.3) is 5.65 Å². The number of imidazole rings is 1. The lowest BCUT2D eigenvalue weighted by Crippen LogP contribution is -2.31. The summed E-state index contributed by atoms with van der Waals surface area (Å²) in [5.74, 6) is -0.481. The highest BCUT2D eigenvalue weighted by molar-refractivity contribution is 5.93. The van der Waals surface area contributed by atoms with Crippen molar-refractivity contribution >= 4 is 17.4 Å². The maximum atomic E-state index is 11.5. The Labute approximate surface area is 111 Å². The molecule has 2 aromatic rings. The van der Waals surface area contributed by atoms with Crippen molar-refractivity contribution in [3.8, 4) is 0 Å². The SMILES string of the molecule is CC1(Nc2nc3ccccn3c2C(=O)O)CCCC1. The van der Waals surface area contributed by atoms with Gasteiger partial charge in [-0.1, -0.05) is 18.9 Å². The molecule has 0 aliphatic heterocycles. The monoisotopic (exact) mass is 259 g/mol. The predicted octanol–water partition coefficient (Wildman–Crippen LogP) is 2.78. The van der Waals surface area contributed by atoms with Gasteiger partial charge in [0.05, 0.1) is 0 Å². The van der Waals surface area contributed by atoms with Gasteiger partial charge in [-0.25, -0.2) is 9.78 Å². The Kier molecular flexibility index (Phi) is 2.69. The van der Waals surface area contributed by atoms with Gasteiger partial charge in [0.25, 0.3) is 0 Å². The number of carboxylic acids is 1. The number of nitrogens with zero attached hydrogens (tertiary/aromatic N) is 2. The van der Waals surface area contributed by atoms with Crippen LogP contribution >= 0.6 is 0 Å². The van der Waals surface area contributed by atoms with Crippen molar-refractivity contribution < 1.29 is 9.90 Å². The number of pyridine rings is 1. The molecule has 2 aromatic heterocycles. The summed E-state index contributed by atoms with van der Waals surface area (Å²) < 4.78 is 1.61. The third-order valence-electron chi connectivity index (χ3n) is 3.86. The van der Waals surface area contributed by atoms with Gasteiger partial charge in [0, 0.05) is 11.7 Å². The molecule has 5 heteroatoms. The summed E-state index contributed by atoms with van der Waals surface area (Å²) >= 11 is 0. The van der Waals surface area contributed by atoms with E-state index in [2.05, 4.69) is 17.2 Å². The van der Waals surface area contributed by atoms with Crippen LogP contribution in [0.5, 0.6) is 0 Å². The van der Waals surface area contributed by atoms with Crippen molar-refractivity contribution in [3.63, 3.8) is 0 Å². The number of hydrogen-bond acceptors (Lipinski definition) is 3. The summed E-state index contributed by atoms with van der Waals surface area (Å²) in [6, 6.07) is 5.48. The van der Waals surface area contributed by atoms with Crippen LogP contribution in [0.2, 0.25) is 0 Å². The maximum absolute atomic E-state index is 11.5. The minimum absolute atomic E-state index is 0.0395. The quantitative estimate of drug-likeness (QED) is 0.889. The van der Waals surface area contributed by atoms with Gasteiger partial charge in [0.2, 0.25) is 0 Å². The van der Waals surface area contributed by atoms with Crippen molar-refractivity contribution in [2.24, 2.45) is 0 Å². The third kappa shape index (κ3) is 2.05. The summed E-state index contributed by atoms with van der Waals surface area (Å²) in [5, 5.41) is 12.8. The zero-order chi connectivity index (χ0) is 13.5. The molecule has 0 amide bonds. The molecule has 0 aromatic carbocycles. The van der Waals surface area contributed by atoms with Gasteiger partial charge < -0.3 is 10.4 Å². The van der Waals surface area contributed by atoms with Gasteiger partial charge in [-0.2, -0.15) is 0 Å². The molecule has 0 atom stereocenters. The van der Waals surface area contributed by atoms with E-state index in [0.717, 1.165) is 12.8 Å². The molecule has 3 rings (SSSR count). The van der Waals surface area contributed by atoms with Gasteiger partial charge in [0.1, 0.15) is 5.65 Å². The zero-order valence-electron chi connectivity index (χ0n) is 10.9. The average molecular weight is 259 g/mol. The lowest BCUT2D eigenvalue weighted by Gasteiger charge is -2.25. The van der Waals surface area contributed by atoms with Gasteiger partial charge in [-0.15, -0.1) is 0 Å². The van der Waals surface area contributed by atoms with Crippen molar-refractivity contribution in [2.45, 2.75) is 38.1 Å². The van der Waals surface area contributed by atoms with Crippen LogP contribution in [0.15, 0.2) is 24.4 Å². The molecule has 0 radical (unpaired) electrons. The molecule has 0 unspecified atom stereocenters. The Morgan fingerprint density at radius 3 is 2.84 bits per heavy atom. The summed E-state index contributed by atoms with van der Waals surface area (Å²) in [7, 11) is 0. The second-order valence-electron chi connectivity index (χ2n) is 5.44. The van der Waals surface area contributed by atoms with Gasteiger partial charge >= 0.3 is 5.97 Å². The van der Waals surface area contributed by atoms with Crippen LogP contribution in [-0.2, 0) is 0 Å². The molecule has 2 N–H and O–H groups in total. The zero-order valence-corrected chi connectivity index (χ0v) is 10.9. The number of rotatable bonds is 3. The number of aromatic nitrogens is 2. The van der Waals surface area contributed by atoms with Crippen LogP contribution in [-0.4, -0.2) is 26.0 Å². The first-order valence-corrected chi connectivity index (χ1v) is 6.58. The van der Waals surface area contributed by atoms with E-state index >= 15 is 0 Å². The Bertz CT molecular complexity index is 627. The molecular weight excluding hydrogens is 242 g/mol. The first-order valence-electron chi connectivity index (χ1n) is 6.58. The van der Waals surface area contributed by atoms with Crippen LogP contribution in [0.3, 0.4) is 0 Å². The fourth-order valence-corrected chi connectivity index (χ4v) is 2.85. The van der Waals surface area contributed by atoms with Crippen molar-refractivity contribution in [1.82, 2.24) is 9.38 Å². The van der Waals surface area contributed by atoms with Crippen LogP contribution in [0.1, 0.15) is 43.1 Å². The molecule has 5 nitrogen and oxygen atoms in total. The summed E-state index contributed by atoms with van der Waals surface area (Å²) in [5.41, 5.74) is 0.829. The Morgan fingerprint density at radius 1 is 1.42 bits per heavy atom. The second kappa shape index (κ2) is 4.26. The largest absolute Gasteiger partial charge is 0.476 e. The van der Waals surface area contributed by atoms with E-state index in [4.69, 9.17) is 0 Å². The number of fused-ring (bicyclic) bond motifs is 1. The van der Waals surface area contributed by atoms with Crippen LogP contribution < -0.4 is 5.32 Å². The lowest BCUT2D eigenvalue weighted by atomic mass is 10.0. The lowest BCUT2D eigenvalue weighted by molar-refractivity contribution is 0.0690. The van der Waals surface area contributed by atoms with E-state index in [1.807, 2.05) is 18.2 Å². The van der Waals surface area contributed by atoms with Crippen LogP contribution in [0.4, 0.5) is 5.82 Å². The summed E-state index contributed by atoms with van der Waals surface area (Å²) in [4.78, 5) is 15.9. The normalized spacial score (nSPS) is 17.7. The Morgan fingerprint density at radius 2 is 2.16 bits per heavy atom. The minimum Gasteiger partial charge on any atom is -0.476 e. The number of hydrogen-bond donors (Lipinski definition) is 2. The molecule has 1 aliphatic carbocycles. The molecule has 1 saturated carbocycles. The van der Waals surface area contributed by atoms with Gasteiger partial charge in [-0.3, -0.25) is 4.40 Å². The second-order valence-corrected chi connectivity index (χ2v) is 5.44. The average Bonchev–Trinajstić information content (AvgIpc) is 2.92. The van der Waals surface area contributed by atoms with E-state index in [1.54, 1.807) is 10.6 Å². The van der Waals surface area contributed by atoms with Crippen LogP contribution in [0, 0.1) is 0 Å². The number of anilines is 1. The van der Waals surface area contributed by atoms with Gasteiger partial charge in [-0.05, 0) is 31.9 Å². The number of aromatic carboxylic acids is 1. The summed E-state index contributed by atoms with van der Waals surface area (Å²) in [6.07, 6.45) is 6.20. The first-order chi connectivity index (χ1) is 9.09. The highest BCUT2D eigenvalue weighted by Crippen LogP contribution is 2.33. The molecule has 19 heavy (non-hydrogen) atoms. The topological polar surface area (TPSA) is 66.6 Å². The molecule has 0 spiro atoms. The van der Waals surface area contributed by atoms with Crippen molar-refractivity contribution in [1.29, 1.82) is 0 Å². The Balaban J connectivity index is 2.07. The maximum Gasteiger partial charge on any atom is 0.356 e. The first kappa shape index (κ1) is 12.0. The molecule has 0 bridgehead atoms. The van der Waals surface area contributed by atoms with E-state index < -0.39 is 5.97 Å². The number of nitrogens with one attached hydrogen (secondary N) is 1. The molecule has 0 saturated heterocycles. The fraction of sp³-hybridized carbons (Fsp3) is 0.429.